The van der Waals surface area contributed by atoms with Gasteiger partial charge in [-0.2, -0.15) is 0 Å². The highest BCUT2D eigenvalue weighted by atomic mass is 16.4. The number of nitrogens with two attached hydrogens (primary N) is 2. The van der Waals surface area contributed by atoms with Crippen molar-refractivity contribution in [2.24, 2.45) is 11.5 Å². The van der Waals surface area contributed by atoms with E-state index in [2.05, 4.69) is 9.97 Å². The zero-order valence-corrected chi connectivity index (χ0v) is 9.35. The van der Waals surface area contributed by atoms with Gasteiger partial charge in [-0.25, -0.2) is 4.98 Å². The second-order valence-corrected chi connectivity index (χ2v) is 3.68. The van der Waals surface area contributed by atoms with Crippen molar-refractivity contribution in [3.63, 3.8) is 0 Å². The van der Waals surface area contributed by atoms with Gasteiger partial charge in [0.15, 0.2) is 5.82 Å². The molecule has 17 heavy (non-hydrogen) atoms. The molecule has 1 rings (SSSR count). The Morgan fingerprint density at radius 1 is 1.53 bits per heavy atom. The molecule has 0 amide bonds. The molecule has 0 fully saturated rings. The van der Waals surface area contributed by atoms with Gasteiger partial charge in [-0.15, -0.1) is 0 Å². The van der Waals surface area contributed by atoms with E-state index in [9.17, 15) is 9.59 Å². The minimum atomic E-state index is -0.975. The number of aliphatic carboxylic acids is 1. The van der Waals surface area contributed by atoms with Crippen LogP contribution in [0.4, 0.5) is 0 Å². The summed E-state index contributed by atoms with van der Waals surface area (Å²) in [7, 11) is 0. The molecule has 7 heteroatoms. The van der Waals surface area contributed by atoms with Crippen LogP contribution in [0.15, 0.2) is 6.20 Å². The Morgan fingerprint density at radius 3 is 2.82 bits per heavy atom. The van der Waals surface area contributed by atoms with E-state index < -0.39 is 12.0 Å². The maximum Gasteiger partial charge on any atom is 0.303 e. The molecule has 1 heterocycles. The molecular weight excluding hydrogens is 224 g/mol. The molecule has 0 bridgehead atoms. The van der Waals surface area contributed by atoms with Crippen LogP contribution in [0.1, 0.15) is 29.2 Å². The second-order valence-electron chi connectivity index (χ2n) is 3.68. The minimum absolute atomic E-state index is 0.0983. The minimum Gasteiger partial charge on any atom is -0.481 e. The van der Waals surface area contributed by atoms with Crippen LogP contribution < -0.4 is 11.5 Å². The van der Waals surface area contributed by atoms with Gasteiger partial charge < -0.3 is 21.6 Å². The zero-order chi connectivity index (χ0) is 12.8. The molecule has 1 atom stereocenters. The van der Waals surface area contributed by atoms with Gasteiger partial charge >= 0.3 is 5.97 Å². The Labute approximate surface area is 98.2 Å². The largest absolute Gasteiger partial charge is 0.481 e. The lowest BCUT2D eigenvalue weighted by molar-refractivity contribution is -0.137. The first kappa shape index (κ1) is 13.3. The molecule has 0 aliphatic carbocycles. The van der Waals surface area contributed by atoms with Gasteiger partial charge in [0, 0.05) is 19.0 Å². The third-order valence-electron chi connectivity index (χ3n) is 2.27. The molecule has 6 N–H and O–H groups in total. The molecule has 0 saturated carbocycles. The van der Waals surface area contributed by atoms with Crippen LogP contribution in [0, 0.1) is 0 Å². The molecule has 7 nitrogen and oxygen atoms in total. The third kappa shape index (κ3) is 3.97. The number of nitrogens with zero attached hydrogens (tertiary/aromatic N) is 1. The van der Waals surface area contributed by atoms with Crippen molar-refractivity contribution in [3.8, 4) is 0 Å². The van der Waals surface area contributed by atoms with Gasteiger partial charge in [-0.3, -0.25) is 9.59 Å². The number of hydrogen-bond donors (Lipinski definition) is 4. The summed E-state index contributed by atoms with van der Waals surface area (Å²) in [6, 6.07) is -0.844. The first-order valence-electron chi connectivity index (χ1n) is 5.30. The van der Waals surface area contributed by atoms with Crippen LogP contribution in [0.2, 0.25) is 0 Å². The molecule has 0 radical (unpaired) electrons. The summed E-state index contributed by atoms with van der Waals surface area (Å²) < 4.78 is 0. The average Bonchev–Trinajstić information content (AvgIpc) is 2.74. The molecule has 0 aromatic carbocycles. The van der Waals surface area contributed by atoms with Crippen LogP contribution in [-0.4, -0.2) is 39.4 Å². The predicted octanol–water partition coefficient (Wildman–Crippen LogP) is -0.714. The Morgan fingerprint density at radius 2 is 2.24 bits per heavy atom. The molecule has 94 valence electrons. The van der Waals surface area contributed by atoms with Crippen molar-refractivity contribution in [1.82, 2.24) is 9.97 Å². The molecule has 0 unspecified atom stereocenters. The van der Waals surface area contributed by atoms with E-state index in [1.165, 1.54) is 0 Å². The van der Waals surface area contributed by atoms with Gasteiger partial charge in [-0.1, -0.05) is 0 Å². The standard InChI is InChI=1S/C10H16N4O3/c11-4-3-6-5-13-10(14-6)9(17)7(12)1-2-8(15)16/h5,7H,1-4,11-12H2,(H,13,14)(H,15,16)/t7-/m0/s1. The van der Waals surface area contributed by atoms with Crippen LogP contribution in [0.3, 0.4) is 0 Å². The maximum atomic E-state index is 11.7. The summed E-state index contributed by atoms with van der Waals surface area (Å²) in [5, 5.41) is 8.48. The van der Waals surface area contributed by atoms with Gasteiger partial charge in [0.2, 0.25) is 5.78 Å². The first-order valence-corrected chi connectivity index (χ1v) is 5.30. The number of carbonyl (C=O) groups excluding carboxylic acids is 1. The maximum absolute atomic E-state index is 11.7. The van der Waals surface area contributed by atoms with Crippen molar-refractivity contribution < 1.29 is 14.7 Å². The summed E-state index contributed by atoms with van der Waals surface area (Å²) in [5.41, 5.74) is 11.6. The van der Waals surface area contributed by atoms with Gasteiger partial charge in [0.25, 0.3) is 0 Å². The number of aromatic nitrogens is 2. The summed E-state index contributed by atoms with van der Waals surface area (Å²) in [4.78, 5) is 28.8. The lowest BCUT2D eigenvalue weighted by atomic mass is 10.1. The fourth-order valence-corrected chi connectivity index (χ4v) is 1.35. The summed E-state index contributed by atoms with van der Waals surface area (Å²) in [6.45, 7) is 0.448. The van der Waals surface area contributed by atoms with E-state index in [0.717, 1.165) is 0 Å². The number of H-pyrrole nitrogens is 1. The van der Waals surface area contributed by atoms with Crippen molar-refractivity contribution in [2.75, 3.05) is 6.54 Å². The number of imidazole rings is 1. The predicted molar refractivity (Wildman–Crippen MR) is 60.5 cm³/mol. The summed E-state index contributed by atoms with van der Waals surface area (Å²) in [5.74, 6) is -1.20. The zero-order valence-electron chi connectivity index (χ0n) is 9.35. The van der Waals surface area contributed by atoms with Crippen LogP contribution in [0.25, 0.3) is 0 Å². The van der Waals surface area contributed by atoms with Crippen molar-refractivity contribution in [1.29, 1.82) is 0 Å². The number of carboxylic acid groups (broad SMARTS) is 1. The summed E-state index contributed by atoms with van der Waals surface area (Å²) >= 11 is 0. The Balaban J connectivity index is 2.58. The lowest BCUT2D eigenvalue weighted by Crippen LogP contribution is -2.31. The Bertz CT molecular complexity index is 402. The fraction of sp³-hybridized carbons (Fsp3) is 0.500. The first-order chi connectivity index (χ1) is 8.04. The Hall–Kier alpha value is -1.73. The Kier molecular flexibility index (Phi) is 4.80. The number of Topliss-reactive ketones (excluding diaryl/α,β-unsaturated/α-hetero) is 1. The molecule has 1 aromatic heterocycles. The van der Waals surface area contributed by atoms with Crippen LogP contribution in [0.5, 0.6) is 0 Å². The second kappa shape index (κ2) is 6.12. The molecule has 1 aromatic rings. The highest BCUT2D eigenvalue weighted by molar-refractivity contribution is 5.97. The van der Waals surface area contributed by atoms with E-state index in [-0.39, 0.29) is 24.4 Å². The molecule has 0 spiro atoms. The SMILES string of the molecule is NCCc1c[nH]c(C(=O)[C@@H](N)CCC(=O)O)n1. The van der Waals surface area contributed by atoms with E-state index >= 15 is 0 Å². The molecule has 0 aliphatic heterocycles. The number of ketones is 1. The monoisotopic (exact) mass is 240 g/mol. The number of hydrogen-bond acceptors (Lipinski definition) is 5. The normalized spacial score (nSPS) is 12.4. The summed E-state index contributed by atoms with van der Waals surface area (Å²) in [6.07, 6.45) is 2.14. The average molecular weight is 240 g/mol. The number of carbonyl (C=O) groups is 2. The van der Waals surface area contributed by atoms with Crippen molar-refractivity contribution >= 4 is 11.8 Å². The number of aromatic amines is 1. The van der Waals surface area contributed by atoms with Gasteiger partial charge in [0.05, 0.1) is 11.7 Å². The van der Waals surface area contributed by atoms with E-state index in [1.807, 2.05) is 0 Å². The third-order valence-corrected chi connectivity index (χ3v) is 2.27. The van der Waals surface area contributed by atoms with Crippen molar-refractivity contribution in [2.45, 2.75) is 25.3 Å². The molecule has 0 aliphatic rings. The smallest absolute Gasteiger partial charge is 0.303 e. The molecule has 0 saturated heterocycles. The van der Waals surface area contributed by atoms with Crippen LogP contribution in [-0.2, 0) is 11.2 Å². The number of nitrogens with one attached hydrogen (secondary N) is 1. The van der Waals surface area contributed by atoms with E-state index in [1.54, 1.807) is 6.20 Å². The highest BCUT2D eigenvalue weighted by Gasteiger charge is 2.19. The van der Waals surface area contributed by atoms with Crippen LogP contribution >= 0.6 is 0 Å². The van der Waals surface area contributed by atoms with E-state index in [4.69, 9.17) is 16.6 Å². The topological polar surface area (TPSA) is 135 Å². The van der Waals surface area contributed by atoms with Gasteiger partial charge in [0.1, 0.15) is 0 Å². The number of carboxylic acids is 1. The fourth-order valence-electron chi connectivity index (χ4n) is 1.35. The number of rotatable bonds is 7. The van der Waals surface area contributed by atoms with E-state index in [0.29, 0.717) is 18.7 Å². The van der Waals surface area contributed by atoms with Crippen molar-refractivity contribution in [3.05, 3.63) is 17.7 Å². The quantitative estimate of drug-likeness (QED) is 0.465. The highest BCUT2D eigenvalue weighted by Crippen LogP contribution is 2.04. The molecular formula is C10H16N4O3. The lowest BCUT2D eigenvalue weighted by Gasteiger charge is -2.06. The van der Waals surface area contributed by atoms with Gasteiger partial charge in [-0.05, 0) is 13.0 Å².